The molecule has 3 saturated heterocycles. The molecule has 0 radical (unpaired) electrons. The maximum absolute atomic E-state index is 6.17. The van der Waals surface area contributed by atoms with E-state index in [1.165, 1.54) is 51.1 Å². The first kappa shape index (κ1) is 17.1. The number of guanidine groups is 1. The summed E-state index contributed by atoms with van der Waals surface area (Å²) in [6.07, 6.45) is 2.42. The Morgan fingerprint density at radius 1 is 1.24 bits per heavy atom. The summed E-state index contributed by atoms with van der Waals surface area (Å²) in [5.41, 5.74) is 1.56. The Morgan fingerprint density at radius 3 is 2.64 bits per heavy atom. The second kappa shape index (κ2) is 7.14. The van der Waals surface area contributed by atoms with Crippen molar-refractivity contribution >= 4 is 17.6 Å². The highest BCUT2D eigenvalue weighted by molar-refractivity contribution is 6.30. The van der Waals surface area contributed by atoms with E-state index < -0.39 is 0 Å². The highest BCUT2D eigenvalue weighted by atomic mass is 35.5. The average Bonchev–Trinajstić information content (AvgIpc) is 3.44. The van der Waals surface area contributed by atoms with Gasteiger partial charge in [0.05, 0.1) is 0 Å². The third-order valence-corrected chi connectivity index (χ3v) is 6.24. The lowest BCUT2D eigenvalue weighted by atomic mass is 9.96. The zero-order chi connectivity index (χ0) is 17.3. The highest BCUT2D eigenvalue weighted by Crippen LogP contribution is 2.48. The monoisotopic (exact) mass is 361 g/mol. The lowest BCUT2D eigenvalue weighted by molar-refractivity contribution is 0.0154. The van der Waals surface area contributed by atoms with Crippen molar-refractivity contribution in [3.8, 4) is 0 Å². The van der Waals surface area contributed by atoms with Crippen LogP contribution in [0.25, 0.3) is 0 Å². The summed E-state index contributed by atoms with van der Waals surface area (Å²) < 4.78 is 0. The molecule has 2 bridgehead atoms. The predicted molar refractivity (Wildman–Crippen MR) is 104 cm³/mol. The van der Waals surface area contributed by atoms with E-state index in [0.29, 0.717) is 6.04 Å². The van der Waals surface area contributed by atoms with E-state index >= 15 is 0 Å². The van der Waals surface area contributed by atoms with Gasteiger partial charge in [0.2, 0.25) is 0 Å². The standard InChI is InChI=1S/C19H28ClN5/c1-21-18(22-12-17-13-24-7-9-25(17)10-8-24)23-14-19(5-6-19)15-3-2-4-16(20)11-15/h2-4,11,17H,5-10,12-14H2,1H3,(H2,21,22,23). The first-order chi connectivity index (χ1) is 12.2. The first-order valence-corrected chi connectivity index (χ1v) is 9.73. The fraction of sp³-hybridized carbons (Fsp3) is 0.632. The van der Waals surface area contributed by atoms with Crippen molar-refractivity contribution in [2.45, 2.75) is 24.3 Å². The summed E-state index contributed by atoms with van der Waals surface area (Å²) in [7, 11) is 1.85. The van der Waals surface area contributed by atoms with Crippen molar-refractivity contribution in [3.05, 3.63) is 34.9 Å². The number of nitrogens with zero attached hydrogens (tertiary/aromatic N) is 3. The van der Waals surface area contributed by atoms with Crippen LogP contribution >= 0.6 is 11.6 Å². The van der Waals surface area contributed by atoms with Gasteiger partial charge in [-0.2, -0.15) is 0 Å². The summed E-state index contributed by atoms with van der Waals surface area (Å²) in [6, 6.07) is 8.89. The number of aliphatic imine (C=N–C) groups is 1. The Kier molecular flexibility index (Phi) is 4.89. The largest absolute Gasteiger partial charge is 0.356 e. The predicted octanol–water partition coefficient (Wildman–Crippen LogP) is 1.54. The normalized spacial score (nSPS) is 30.2. The van der Waals surface area contributed by atoms with E-state index in [-0.39, 0.29) is 5.41 Å². The molecule has 5 nitrogen and oxygen atoms in total. The lowest BCUT2D eigenvalue weighted by Gasteiger charge is -2.47. The minimum atomic E-state index is 0.224. The molecule has 4 fully saturated rings. The van der Waals surface area contributed by atoms with Crippen LogP contribution < -0.4 is 10.6 Å². The van der Waals surface area contributed by atoms with Gasteiger partial charge in [-0.15, -0.1) is 0 Å². The summed E-state index contributed by atoms with van der Waals surface area (Å²) >= 11 is 6.17. The highest BCUT2D eigenvalue weighted by Gasteiger charge is 2.44. The van der Waals surface area contributed by atoms with Crippen LogP contribution in [0.3, 0.4) is 0 Å². The van der Waals surface area contributed by atoms with Gasteiger partial charge < -0.3 is 10.6 Å². The Balaban J connectivity index is 1.29. The molecule has 1 atom stereocenters. The molecule has 1 aliphatic carbocycles. The molecule has 0 amide bonds. The molecule has 6 heteroatoms. The lowest BCUT2D eigenvalue weighted by Crippen LogP contribution is -2.64. The van der Waals surface area contributed by atoms with Crippen LogP contribution in [-0.4, -0.2) is 74.7 Å². The Labute approximate surface area is 155 Å². The van der Waals surface area contributed by atoms with Crippen molar-refractivity contribution in [1.29, 1.82) is 0 Å². The van der Waals surface area contributed by atoms with Crippen molar-refractivity contribution in [2.75, 3.05) is 52.9 Å². The van der Waals surface area contributed by atoms with Gasteiger partial charge in [0.15, 0.2) is 5.96 Å². The third kappa shape index (κ3) is 3.78. The summed E-state index contributed by atoms with van der Waals surface area (Å²) in [5.74, 6) is 0.908. The van der Waals surface area contributed by atoms with E-state index in [0.717, 1.165) is 24.1 Å². The quantitative estimate of drug-likeness (QED) is 0.616. The van der Waals surface area contributed by atoms with Crippen molar-refractivity contribution in [1.82, 2.24) is 20.4 Å². The third-order valence-electron chi connectivity index (χ3n) is 6.01. The number of halogens is 1. The molecule has 3 heterocycles. The smallest absolute Gasteiger partial charge is 0.191 e. The van der Waals surface area contributed by atoms with Gasteiger partial charge in [-0.1, -0.05) is 23.7 Å². The fourth-order valence-corrected chi connectivity index (χ4v) is 4.33. The molecule has 4 aliphatic rings. The second-order valence-corrected chi connectivity index (χ2v) is 8.02. The Hall–Kier alpha value is -1.30. The van der Waals surface area contributed by atoms with E-state index in [9.17, 15) is 0 Å². The van der Waals surface area contributed by atoms with Crippen LogP contribution in [0.1, 0.15) is 18.4 Å². The van der Waals surface area contributed by atoms with Crippen LogP contribution in [0.4, 0.5) is 0 Å². The summed E-state index contributed by atoms with van der Waals surface area (Å²) in [4.78, 5) is 9.59. The molecule has 2 N–H and O–H groups in total. The average molecular weight is 362 g/mol. The Morgan fingerprint density at radius 2 is 2.04 bits per heavy atom. The van der Waals surface area contributed by atoms with E-state index in [4.69, 9.17) is 11.6 Å². The zero-order valence-electron chi connectivity index (χ0n) is 15.0. The molecule has 1 saturated carbocycles. The molecule has 0 spiro atoms. The van der Waals surface area contributed by atoms with Crippen LogP contribution in [0, 0.1) is 0 Å². The molecule has 3 aliphatic heterocycles. The molecule has 0 aromatic heterocycles. The minimum Gasteiger partial charge on any atom is -0.356 e. The SMILES string of the molecule is CN=C(NCC1CN2CCN1CC2)NCC1(c2cccc(Cl)c2)CC1. The second-order valence-electron chi connectivity index (χ2n) is 7.59. The molecule has 136 valence electrons. The van der Waals surface area contributed by atoms with Crippen molar-refractivity contribution in [2.24, 2.45) is 4.99 Å². The van der Waals surface area contributed by atoms with Gasteiger partial charge >= 0.3 is 0 Å². The van der Waals surface area contributed by atoms with Gasteiger partial charge in [-0.25, -0.2) is 0 Å². The number of hydrogen-bond acceptors (Lipinski definition) is 3. The van der Waals surface area contributed by atoms with E-state index in [1.807, 2.05) is 19.2 Å². The summed E-state index contributed by atoms with van der Waals surface area (Å²) in [5, 5.41) is 7.89. The van der Waals surface area contributed by atoms with E-state index in [2.05, 4.69) is 37.6 Å². The number of rotatable bonds is 5. The molecular weight excluding hydrogens is 334 g/mol. The van der Waals surface area contributed by atoms with Gasteiger partial charge in [0.25, 0.3) is 0 Å². The maximum atomic E-state index is 6.17. The molecular formula is C19H28ClN5. The number of piperazine rings is 3. The van der Waals surface area contributed by atoms with Crippen molar-refractivity contribution in [3.63, 3.8) is 0 Å². The van der Waals surface area contributed by atoms with Gasteiger partial charge in [-0.3, -0.25) is 14.8 Å². The van der Waals surface area contributed by atoms with Crippen LogP contribution in [0.5, 0.6) is 0 Å². The van der Waals surface area contributed by atoms with Crippen LogP contribution in [0.15, 0.2) is 29.3 Å². The van der Waals surface area contributed by atoms with Crippen LogP contribution in [0.2, 0.25) is 5.02 Å². The fourth-order valence-electron chi connectivity index (χ4n) is 4.14. The summed E-state index contributed by atoms with van der Waals surface area (Å²) in [6.45, 7) is 7.91. The molecule has 1 aromatic carbocycles. The molecule has 25 heavy (non-hydrogen) atoms. The van der Waals surface area contributed by atoms with Gasteiger partial charge in [0.1, 0.15) is 0 Å². The topological polar surface area (TPSA) is 42.9 Å². The Bertz CT molecular complexity index is 634. The van der Waals surface area contributed by atoms with Crippen molar-refractivity contribution < 1.29 is 0 Å². The zero-order valence-corrected chi connectivity index (χ0v) is 15.7. The number of nitrogens with one attached hydrogen (secondary N) is 2. The molecule has 1 unspecified atom stereocenters. The minimum absolute atomic E-state index is 0.224. The van der Waals surface area contributed by atoms with Crippen LogP contribution in [-0.2, 0) is 5.41 Å². The van der Waals surface area contributed by atoms with Gasteiger partial charge in [-0.05, 0) is 30.5 Å². The number of fused-ring (bicyclic) bond motifs is 3. The van der Waals surface area contributed by atoms with E-state index in [1.54, 1.807) is 0 Å². The first-order valence-electron chi connectivity index (χ1n) is 9.35. The molecule has 5 rings (SSSR count). The maximum Gasteiger partial charge on any atom is 0.191 e. The molecule has 1 aromatic rings. The number of hydrogen-bond donors (Lipinski definition) is 2. The number of benzene rings is 1. The van der Waals surface area contributed by atoms with Gasteiger partial charge in [0, 0.05) is 69.3 Å².